The minimum absolute atomic E-state index is 0.329. The van der Waals surface area contributed by atoms with Crippen LogP contribution in [0.5, 0.6) is 5.75 Å². The summed E-state index contributed by atoms with van der Waals surface area (Å²) in [6.07, 6.45) is -1.44. The minimum Gasteiger partial charge on any atom is -0.497 e. The number of primary sulfonamides is 1. The Labute approximate surface area is 183 Å². The molecular weight excluding hydrogens is 439 g/mol. The van der Waals surface area contributed by atoms with E-state index in [1.165, 1.54) is 7.11 Å². The van der Waals surface area contributed by atoms with Crippen molar-refractivity contribution in [2.24, 2.45) is 5.14 Å². The molecule has 3 N–H and O–H groups in total. The first-order valence-electron chi connectivity index (χ1n) is 9.22. The molecule has 0 spiro atoms. The van der Waals surface area contributed by atoms with Crippen molar-refractivity contribution >= 4 is 27.6 Å². The lowest BCUT2D eigenvalue weighted by Gasteiger charge is -2.18. The summed E-state index contributed by atoms with van der Waals surface area (Å²) in [5.41, 5.74) is 0.0692. The van der Waals surface area contributed by atoms with Gasteiger partial charge in [-0.15, -0.1) is 0 Å². The Morgan fingerprint density at radius 1 is 1.00 bits per heavy atom. The second-order valence-corrected chi connectivity index (χ2v) is 8.16. The number of hydrogen-bond donors (Lipinski definition) is 2. The minimum atomic E-state index is -4.18. The Balaban J connectivity index is 1.90. The first-order chi connectivity index (χ1) is 15.2. The number of ether oxygens (including phenoxy) is 2. The summed E-state index contributed by atoms with van der Waals surface area (Å²) in [6.45, 7) is 0. The van der Waals surface area contributed by atoms with Gasteiger partial charge in [-0.2, -0.15) is 0 Å². The Morgan fingerprint density at radius 3 is 2.25 bits per heavy atom. The second kappa shape index (κ2) is 9.58. The van der Waals surface area contributed by atoms with E-state index in [-0.39, 0.29) is 0 Å². The van der Waals surface area contributed by atoms with Crippen molar-refractivity contribution < 1.29 is 31.9 Å². The van der Waals surface area contributed by atoms with Gasteiger partial charge >= 0.3 is 5.97 Å². The predicted molar refractivity (Wildman–Crippen MR) is 114 cm³/mol. The smallest absolute Gasteiger partial charge is 0.342 e. The molecule has 0 saturated heterocycles. The SMILES string of the molecule is COc1ccc(NC(=O)C(OC(=O)c2cc(S(N)(=O)=O)ccc2F)c2ccccc2)cc1. The van der Waals surface area contributed by atoms with Crippen LogP contribution in [0.4, 0.5) is 10.1 Å². The van der Waals surface area contributed by atoms with Crippen molar-refractivity contribution in [3.05, 3.63) is 89.7 Å². The molecule has 1 unspecified atom stereocenters. The molecule has 0 heterocycles. The number of anilines is 1. The molecule has 0 aliphatic rings. The average molecular weight is 458 g/mol. The molecule has 0 aliphatic heterocycles. The van der Waals surface area contributed by atoms with Crippen LogP contribution in [-0.4, -0.2) is 27.4 Å². The van der Waals surface area contributed by atoms with Crippen LogP contribution < -0.4 is 15.2 Å². The molecule has 166 valence electrons. The molecule has 3 aromatic carbocycles. The number of sulfonamides is 1. The molecule has 0 saturated carbocycles. The van der Waals surface area contributed by atoms with E-state index < -0.39 is 44.3 Å². The Kier molecular flexibility index (Phi) is 6.86. The van der Waals surface area contributed by atoms with E-state index in [4.69, 9.17) is 14.6 Å². The number of carbonyl (C=O) groups excluding carboxylic acids is 2. The topological polar surface area (TPSA) is 125 Å². The standard InChI is InChI=1S/C22H19FN2O6S/c1-30-16-9-7-15(8-10-16)25-21(26)20(14-5-3-2-4-6-14)31-22(27)18-13-17(32(24,28)29)11-12-19(18)23/h2-13,20H,1H3,(H,25,26)(H2,24,28,29). The Hall–Kier alpha value is -3.76. The number of nitrogens with one attached hydrogen (secondary N) is 1. The molecular formula is C22H19FN2O6S. The zero-order valence-electron chi connectivity index (χ0n) is 16.8. The number of nitrogens with two attached hydrogens (primary N) is 1. The van der Waals surface area contributed by atoms with E-state index in [0.29, 0.717) is 17.0 Å². The maximum Gasteiger partial charge on any atom is 0.342 e. The van der Waals surface area contributed by atoms with Gasteiger partial charge in [0.2, 0.25) is 16.1 Å². The van der Waals surface area contributed by atoms with Gasteiger partial charge in [-0.1, -0.05) is 30.3 Å². The largest absolute Gasteiger partial charge is 0.497 e. The van der Waals surface area contributed by atoms with Gasteiger partial charge in [-0.25, -0.2) is 22.7 Å². The van der Waals surface area contributed by atoms with Crippen molar-refractivity contribution in [1.29, 1.82) is 0 Å². The third-order valence-electron chi connectivity index (χ3n) is 4.41. The summed E-state index contributed by atoms with van der Waals surface area (Å²) in [5.74, 6) is -2.37. The summed E-state index contributed by atoms with van der Waals surface area (Å²) >= 11 is 0. The number of esters is 1. The number of amides is 1. The second-order valence-electron chi connectivity index (χ2n) is 6.60. The molecule has 3 rings (SSSR count). The Morgan fingerprint density at radius 2 is 1.66 bits per heavy atom. The maximum absolute atomic E-state index is 14.2. The van der Waals surface area contributed by atoms with E-state index in [1.807, 2.05) is 0 Å². The van der Waals surface area contributed by atoms with Gasteiger partial charge in [0.25, 0.3) is 5.91 Å². The summed E-state index contributed by atoms with van der Waals surface area (Å²) in [7, 11) is -2.68. The molecule has 8 nitrogen and oxygen atoms in total. The highest BCUT2D eigenvalue weighted by molar-refractivity contribution is 7.89. The summed E-state index contributed by atoms with van der Waals surface area (Å²) < 4.78 is 47.7. The highest BCUT2D eigenvalue weighted by atomic mass is 32.2. The molecule has 0 fully saturated rings. The number of benzene rings is 3. The van der Waals surface area contributed by atoms with E-state index in [1.54, 1.807) is 54.6 Å². The maximum atomic E-state index is 14.2. The van der Waals surface area contributed by atoms with Gasteiger partial charge in [0.05, 0.1) is 17.6 Å². The van der Waals surface area contributed by atoms with Crippen molar-refractivity contribution in [2.75, 3.05) is 12.4 Å². The molecule has 32 heavy (non-hydrogen) atoms. The van der Waals surface area contributed by atoms with Crippen molar-refractivity contribution in [1.82, 2.24) is 0 Å². The van der Waals surface area contributed by atoms with Crippen LogP contribution in [0.1, 0.15) is 22.0 Å². The highest BCUT2D eigenvalue weighted by Crippen LogP contribution is 2.24. The van der Waals surface area contributed by atoms with Crippen molar-refractivity contribution in [2.45, 2.75) is 11.0 Å². The lowest BCUT2D eigenvalue weighted by atomic mass is 10.1. The monoisotopic (exact) mass is 458 g/mol. The molecule has 10 heteroatoms. The molecule has 3 aromatic rings. The van der Waals surface area contributed by atoms with Crippen LogP contribution in [-0.2, 0) is 19.6 Å². The molecule has 1 amide bonds. The number of hydrogen-bond acceptors (Lipinski definition) is 6. The van der Waals surface area contributed by atoms with Gasteiger partial charge in [-0.3, -0.25) is 4.79 Å². The van der Waals surface area contributed by atoms with Crippen LogP contribution in [0.3, 0.4) is 0 Å². The normalized spacial score (nSPS) is 12.0. The fourth-order valence-electron chi connectivity index (χ4n) is 2.79. The van der Waals surface area contributed by atoms with E-state index >= 15 is 0 Å². The van der Waals surface area contributed by atoms with Crippen LogP contribution >= 0.6 is 0 Å². The predicted octanol–water partition coefficient (Wildman–Crippen LogP) is 3.02. The van der Waals surface area contributed by atoms with E-state index in [2.05, 4.69) is 5.32 Å². The lowest BCUT2D eigenvalue weighted by molar-refractivity contribution is -0.125. The van der Waals surface area contributed by atoms with Crippen LogP contribution in [0.15, 0.2) is 77.7 Å². The average Bonchev–Trinajstić information content (AvgIpc) is 2.77. The molecule has 0 radical (unpaired) electrons. The summed E-state index contributed by atoms with van der Waals surface area (Å²) in [6, 6.07) is 17.0. The molecule has 0 aromatic heterocycles. The number of rotatable bonds is 7. The van der Waals surface area contributed by atoms with E-state index in [0.717, 1.165) is 18.2 Å². The van der Waals surface area contributed by atoms with Gasteiger partial charge in [0.15, 0.2) is 0 Å². The number of halogens is 1. The van der Waals surface area contributed by atoms with Crippen LogP contribution in [0.2, 0.25) is 0 Å². The third-order valence-corrected chi connectivity index (χ3v) is 5.32. The lowest BCUT2D eigenvalue weighted by Crippen LogP contribution is -2.26. The Bertz CT molecular complexity index is 1230. The fourth-order valence-corrected chi connectivity index (χ4v) is 3.33. The zero-order chi connectivity index (χ0) is 23.3. The molecule has 0 aliphatic carbocycles. The van der Waals surface area contributed by atoms with Crippen molar-refractivity contribution in [3.63, 3.8) is 0 Å². The number of carbonyl (C=O) groups is 2. The number of methoxy groups -OCH3 is 1. The summed E-state index contributed by atoms with van der Waals surface area (Å²) in [4.78, 5) is 25.1. The zero-order valence-corrected chi connectivity index (χ0v) is 17.6. The van der Waals surface area contributed by atoms with Gasteiger partial charge < -0.3 is 14.8 Å². The van der Waals surface area contributed by atoms with Crippen LogP contribution in [0.25, 0.3) is 0 Å². The van der Waals surface area contributed by atoms with Crippen molar-refractivity contribution in [3.8, 4) is 5.75 Å². The highest BCUT2D eigenvalue weighted by Gasteiger charge is 2.28. The van der Waals surface area contributed by atoms with Gasteiger partial charge in [0, 0.05) is 11.3 Å². The fraction of sp³-hybridized carbons (Fsp3) is 0.0909. The van der Waals surface area contributed by atoms with Gasteiger partial charge in [0.1, 0.15) is 11.6 Å². The quantitative estimate of drug-likeness (QED) is 0.525. The van der Waals surface area contributed by atoms with Gasteiger partial charge in [-0.05, 0) is 42.5 Å². The van der Waals surface area contributed by atoms with E-state index in [9.17, 15) is 22.4 Å². The van der Waals surface area contributed by atoms with Crippen LogP contribution in [0, 0.1) is 5.82 Å². The first kappa shape index (κ1) is 22.9. The third kappa shape index (κ3) is 5.48. The summed E-state index contributed by atoms with van der Waals surface area (Å²) in [5, 5.41) is 7.67. The first-order valence-corrected chi connectivity index (χ1v) is 10.8. The molecule has 0 bridgehead atoms. The molecule has 1 atom stereocenters.